The van der Waals surface area contributed by atoms with Crippen LogP contribution in [0, 0.1) is 18.3 Å². The minimum absolute atomic E-state index is 0.0683. The van der Waals surface area contributed by atoms with E-state index >= 15 is 0 Å². The molecule has 0 radical (unpaired) electrons. The van der Waals surface area contributed by atoms with E-state index in [9.17, 15) is 19.2 Å². The summed E-state index contributed by atoms with van der Waals surface area (Å²) in [6.45, 7) is 10.1. The van der Waals surface area contributed by atoms with E-state index in [4.69, 9.17) is 14.2 Å². The fourth-order valence-corrected chi connectivity index (χ4v) is 5.97. The van der Waals surface area contributed by atoms with Crippen LogP contribution in [0.1, 0.15) is 69.3 Å². The maximum absolute atomic E-state index is 14.1. The molecular formula is C28H39N3O7. The summed E-state index contributed by atoms with van der Waals surface area (Å²) in [6, 6.07) is 4.34. The summed E-state index contributed by atoms with van der Waals surface area (Å²) in [5.74, 6) is -0.684. The lowest BCUT2D eigenvalue weighted by Crippen LogP contribution is -2.64. The first-order valence-electron chi connectivity index (χ1n) is 13.3. The van der Waals surface area contributed by atoms with Crippen LogP contribution in [-0.2, 0) is 23.9 Å². The van der Waals surface area contributed by atoms with Crippen molar-refractivity contribution in [2.75, 3.05) is 20.3 Å². The van der Waals surface area contributed by atoms with Crippen LogP contribution in [0.3, 0.4) is 0 Å². The predicted octanol–water partition coefficient (Wildman–Crippen LogP) is 2.32. The number of ether oxygens (including phenoxy) is 3. The van der Waals surface area contributed by atoms with Crippen molar-refractivity contribution in [3.63, 3.8) is 0 Å². The number of fused-ring (bicyclic) bond motifs is 2. The molecule has 1 aromatic rings. The molecular weight excluding hydrogens is 490 g/mol. The Hall–Kier alpha value is -3.14. The van der Waals surface area contributed by atoms with Crippen LogP contribution in [0.15, 0.2) is 18.2 Å². The second-order valence-electron chi connectivity index (χ2n) is 11.6. The normalized spacial score (nSPS) is 27.2. The molecule has 0 aromatic heterocycles. The van der Waals surface area contributed by atoms with Crippen LogP contribution in [0.2, 0.25) is 0 Å². The van der Waals surface area contributed by atoms with E-state index in [1.54, 1.807) is 37.1 Å². The van der Waals surface area contributed by atoms with Gasteiger partial charge in [0.25, 0.3) is 5.91 Å². The Kier molecular flexibility index (Phi) is 7.74. The Labute approximate surface area is 223 Å². The highest BCUT2D eigenvalue weighted by Gasteiger charge is 2.59. The molecule has 3 aliphatic rings. The summed E-state index contributed by atoms with van der Waals surface area (Å²) in [6.07, 6.45) is 0.475. The van der Waals surface area contributed by atoms with Crippen LogP contribution in [-0.4, -0.2) is 72.8 Å². The zero-order valence-corrected chi connectivity index (χ0v) is 23.1. The summed E-state index contributed by atoms with van der Waals surface area (Å²) < 4.78 is 16.3. The molecule has 3 amide bonds. The van der Waals surface area contributed by atoms with Crippen LogP contribution >= 0.6 is 0 Å². The number of rotatable bonds is 8. The molecule has 10 nitrogen and oxygen atoms in total. The predicted molar refractivity (Wildman–Crippen MR) is 138 cm³/mol. The number of piperidine rings is 1. The zero-order valence-electron chi connectivity index (χ0n) is 23.1. The lowest BCUT2D eigenvalue weighted by Gasteiger charge is -2.42. The van der Waals surface area contributed by atoms with Gasteiger partial charge in [-0.2, -0.15) is 0 Å². The topological polar surface area (TPSA) is 123 Å². The lowest BCUT2D eigenvalue weighted by atomic mass is 9.84. The summed E-state index contributed by atoms with van der Waals surface area (Å²) in [7, 11) is 1.54. The number of methoxy groups -OCH3 is 1. The van der Waals surface area contributed by atoms with Gasteiger partial charge in [-0.05, 0) is 56.6 Å². The number of likely N-dealkylation sites (tertiary alicyclic amines) is 1. The van der Waals surface area contributed by atoms with Crippen LogP contribution in [0.25, 0.3) is 0 Å². The van der Waals surface area contributed by atoms with Gasteiger partial charge in [0.1, 0.15) is 23.4 Å². The van der Waals surface area contributed by atoms with E-state index in [0.29, 0.717) is 42.9 Å². The first-order chi connectivity index (χ1) is 17.9. The molecule has 2 N–H and O–H groups in total. The van der Waals surface area contributed by atoms with Crippen molar-refractivity contribution in [3.05, 3.63) is 29.3 Å². The second kappa shape index (κ2) is 10.6. The Morgan fingerprint density at radius 2 is 2.00 bits per heavy atom. The number of esters is 1. The molecule has 2 aliphatic heterocycles. The number of carbonyl (C=O) groups excluding carboxylic acids is 4. The van der Waals surface area contributed by atoms with E-state index in [1.807, 2.05) is 27.7 Å². The third kappa shape index (κ3) is 5.10. The third-order valence-electron chi connectivity index (χ3n) is 7.99. The van der Waals surface area contributed by atoms with E-state index in [2.05, 4.69) is 10.6 Å². The monoisotopic (exact) mass is 529 g/mol. The van der Waals surface area contributed by atoms with Crippen molar-refractivity contribution in [1.82, 2.24) is 15.5 Å². The quantitative estimate of drug-likeness (QED) is 0.496. The fourth-order valence-electron chi connectivity index (χ4n) is 5.97. The molecule has 0 spiro atoms. The molecule has 2 heterocycles. The first kappa shape index (κ1) is 27.9. The number of carbonyl (C=O) groups is 4. The zero-order chi connectivity index (χ0) is 27.8. The van der Waals surface area contributed by atoms with Crippen LogP contribution in [0.4, 0.5) is 0 Å². The average molecular weight is 530 g/mol. The number of cyclic esters (lactones) is 1. The standard InChI is InChI=1S/C28H39N3O7/c1-7-37-20-13-21(32)38-24(20)30-26(35)28-12-11-17(14-28)15-31(28)25(34)22(27(3,4)5)29-23(33)18-9-8-10-19(36-6)16(18)2/h8-10,17,20,22,24H,7,11-15H2,1-6H3,(H,29,33)(H,30,35)/t17-,20+,22-,24-,28+/m1/s1. The SMILES string of the molecule is CCO[C@H]1CC(=O)O[C@H]1NC(=O)[C@@]12CC[C@@H](CN1C(=O)[C@@H](NC(=O)c1cccc(OC)c1C)C(C)(C)C)C2. The third-order valence-corrected chi connectivity index (χ3v) is 7.99. The number of amides is 3. The second-order valence-corrected chi connectivity index (χ2v) is 11.6. The van der Waals surface area contributed by atoms with Gasteiger partial charge >= 0.3 is 5.97 Å². The molecule has 1 aliphatic carbocycles. The van der Waals surface area contributed by atoms with E-state index in [1.165, 1.54) is 0 Å². The van der Waals surface area contributed by atoms with E-state index in [0.717, 1.165) is 6.42 Å². The van der Waals surface area contributed by atoms with E-state index < -0.39 is 35.3 Å². The molecule has 208 valence electrons. The van der Waals surface area contributed by atoms with Gasteiger partial charge in [0.15, 0.2) is 0 Å². The molecule has 38 heavy (non-hydrogen) atoms. The van der Waals surface area contributed by atoms with Crippen molar-refractivity contribution in [2.24, 2.45) is 11.3 Å². The molecule has 2 saturated heterocycles. The highest BCUT2D eigenvalue weighted by Crippen LogP contribution is 2.47. The maximum atomic E-state index is 14.1. The molecule has 10 heteroatoms. The van der Waals surface area contributed by atoms with Gasteiger partial charge in [0.2, 0.25) is 18.0 Å². The van der Waals surface area contributed by atoms with Gasteiger partial charge in [-0.1, -0.05) is 26.8 Å². The Morgan fingerprint density at radius 3 is 2.63 bits per heavy atom. The Bertz CT molecular complexity index is 1110. The largest absolute Gasteiger partial charge is 0.496 e. The van der Waals surface area contributed by atoms with Gasteiger partial charge < -0.3 is 29.7 Å². The number of hydrogen-bond acceptors (Lipinski definition) is 7. The van der Waals surface area contributed by atoms with Crippen molar-refractivity contribution in [3.8, 4) is 5.75 Å². The first-order valence-corrected chi connectivity index (χ1v) is 13.3. The fraction of sp³-hybridized carbons (Fsp3) is 0.643. The minimum atomic E-state index is -1.06. The van der Waals surface area contributed by atoms with Crippen molar-refractivity contribution in [2.45, 2.75) is 84.2 Å². The molecule has 5 atom stereocenters. The molecule has 1 saturated carbocycles. The smallest absolute Gasteiger partial charge is 0.310 e. The summed E-state index contributed by atoms with van der Waals surface area (Å²) in [5.41, 5.74) is -0.585. The Balaban J connectivity index is 1.57. The number of hydrogen-bond donors (Lipinski definition) is 2. The van der Waals surface area contributed by atoms with Gasteiger partial charge in [-0.25, -0.2) is 0 Å². The molecule has 3 fully saturated rings. The van der Waals surface area contributed by atoms with Gasteiger partial charge in [0, 0.05) is 24.3 Å². The van der Waals surface area contributed by atoms with Gasteiger partial charge in [0.05, 0.1) is 13.5 Å². The van der Waals surface area contributed by atoms with Crippen molar-refractivity contribution >= 4 is 23.7 Å². The lowest BCUT2D eigenvalue weighted by molar-refractivity contribution is -0.154. The summed E-state index contributed by atoms with van der Waals surface area (Å²) in [5, 5.41) is 5.81. The van der Waals surface area contributed by atoms with E-state index in [-0.39, 0.29) is 30.1 Å². The molecule has 1 aromatic carbocycles. The minimum Gasteiger partial charge on any atom is -0.496 e. The van der Waals surface area contributed by atoms with Crippen molar-refractivity contribution < 1.29 is 33.4 Å². The number of nitrogens with zero attached hydrogens (tertiary/aromatic N) is 1. The highest BCUT2D eigenvalue weighted by atomic mass is 16.6. The van der Waals surface area contributed by atoms with Crippen LogP contribution in [0.5, 0.6) is 5.75 Å². The van der Waals surface area contributed by atoms with Gasteiger partial charge in [-0.3, -0.25) is 19.2 Å². The number of nitrogens with one attached hydrogen (secondary N) is 2. The molecule has 4 rings (SSSR count). The van der Waals surface area contributed by atoms with Crippen molar-refractivity contribution in [1.29, 1.82) is 0 Å². The summed E-state index contributed by atoms with van der Waals surface area (Å²) >= 11 is 0. The Morgan fingerprint density at radius 1 is 1.26 bits per heavy atom. The molecule has 2 bridgehead atoms. The molecule has 0 unspecified atom stereocenters. The summed E-state index contributed by atoms with van der Waals surface area (Å²) in [4.78, 5) is 54.7. The number of benzene rings is 1. The maximum Gasteiger partial charge on any atom is 0.310 e. The van der Waals surface area contributed by atoms with Crippen LogP contribution < -0.4 is 15.4 Å². The van der Waals surface area contributed by atoms with Gasteiger partial charge in [-0.15, -0.1) is 0 Å². The highest BCUT2D eigenvalue weighted by molar-refractivity contribution is 6.01. The average Bonchev–Trinajstić information content (AvgIpc) is 3.55.